The molecule has 0 aliphatic carbocycles. The summed E-state index contributed by atoms with van der Waals surface area (Å²) in [6.45, 7) is 6.48. The molecule has 0 saturated heterocycles. The van der Waals surface area contributed by atoms with Crippen LogP contribution in [-0.4, -0.2) is 28.8 Å². The molecule has 5 nitrogen and oxygen atoms in total. The lowest BCUT2D eigenvalue weighted by Gasteiger charge is -2.23. The van der Waals surface area contributed by atoms with Gasteiger partial charge in [-0.15, -0.1) is 0 Å². The number of nitrogens with zero attached hydrogens (tertiary/aromatic N) is 2. The number of hydrogen-bond donors (Lipinski definition) is 1. The fourth-order valence-corrected chi connectivity index (χ4v) is 2.62. The summed E-state index contributed by atoms with van der Waals surface area (Å²) in [7, 11) is 0. The van der Waals surface area contributed by atoms with Gasteiger partial charge in [0.25, 0.3) is 0 Å². The topological polar surface area (TPSA) is 48.3 Å². The van der Waals surface area contributed by atoms with E-state index in [4.69, 9.17) is 9.47 Å². The van der Waals surface area contributed by atoms with E-state index in [9.17, 15) is 0 Å². The molecule has 2 heterocycles. The van der Waals surface area contributed by atoms with Crippen molar-refractivity contribution in [2.75, 3.05) is 13.2 Å². The van der Waals surface area contributed by atoms with Crippen LogP contribution in [0.1, 0.15) is 25.5 Å². The predicted molar refractivity (Wildman–Crippen MR) is 80.7 cm³/mol. The van der Waals surface area contributed by atoms with Crippen LogP contribution in [0.25, 0.3) is 0 Å². The van der Waals surface area contributed by atoms with E-state index in [1.54, 1.807) is 6.20 Å². The third kappa shape index (κ3) is 3.36. The largest absolute Gasteiger partial charge is 0.486 e. The van der Waals surface area contributed by atoms with Gasteiger partial charge in [0.15, 0.2) is 11.5 Å². The van der Waals surface area contributed by atoms with Crippen molar-refractivity contribution in [3.05, 3.63) is 42.5 Å². The van der Waals surface area contributed by atoms with Gasteiger partial charge < -0.3 is 19.4 Å². The molecule has 0 spiro atoms. The maximum Gasteiger partial charge on any atom is 0.161 e. The van der Waals surface area contributed by atoms with Crippen molar-refractivity contribution in [3.8, 4) is 11.5 Å². The number of nitrogens with one attached hydrogen (secondary N) is 1. The molecule has 2 aromatic rings. The Bertz CT molecular complexity index is 583. The normalized spacial score (nSPS) is 16.5. The number of benzene rings is 1. The molecule has 5 heteroatoms. The highest BCUT2D eigenvalue weighted by atomic mass is 16.6. The van der Waals surface area contributed by atoms with Crippen LogP contribution >= 0.6 is 0 Å². The zero-order chi connectivity index (χ0) is 14.7. The van der Waals surface area contributed by atoms with Crippen molar-refractivity contribution in [2.45, 2.75) is 32.5 Å². The third-order valence-electron chi connectivity index (χ3n) is 3.64. The maximum atomic E-state index is 5.64. The highest BCUT2D eigenvalue weighted by Gasteiger charge is 2.15. The van der Waals surface area contributed by atoms with E-state index in [0.29, 0.717) is 19.3 Å². The summed E-state index contributed by atoms with van der Waals surface area (Å²) in [5.74, 6) is 1.68. The lowest BCUT2D eigenvalue weighted by atomic mass is 10.1. The number of ether oxygens (including phenoxy) is 2. The Balaban J connectivity index is 1.63. The van der Waals surface area contributed by atoms with Crippen LogP contribution in [0.2, 0.25) is 0 Å². The van der Waals surface area contributed by atoms with E-state index in [0.717, 1.165) is 18.0 Å². The predicted octanol–water partition coefficient (Wildman–Crippen LogP) is 2.39. The van der Waals surface area contributed by atoms with Gasteiger partial charge in [0.2, 0.25) is 0 Å². The minimum Gasteiger partial charge on any atom is -0.486 e. The van der Waals surface area contributed by atoms with Crippen molar-refractivity contribution >= 4 is 0 Å². The molecule has 2 atom stereocenters. The second-order valence-corrected chi connectivity index (χ2v) is 5.45. The summed E-state index contributed by atoms with van der Waals surface area (Å²) in [5, 5.41) is 3.60. The molecule has 0 bridgehead atoms. The molecule has 0 saturated carbocycles. The van der Waals surface area contributed by atoms with Crippen LogP contribution in [0, 0.1) is 0 Å². The molecule has 21 heavy (non-hydrogen) atoms. The Kier molecular flexibility index (Phi) is 4.10. The van der Waals surface area contributed by atoms with E-state index in [2.05, 4.69) is 40.8 Å². The molecule has 0 radical (unpaired) electrons. The third-order valence-corrected chi connectivity index (χ3v) is 3.64. The van der Waals surface area contributed by atoms with Crippen LogP contribution in [0.15, 0.2) is 36.9 Å². The average Bonchev–Trinajstić information content (AvgIpc) is 2.99. The van der Waals surface area contributed by atoms with E-state index < -0.39 is 0 Å². The number of fused-ring (bicyclic) bond motifs is 1. The van der Waals surface area contributed by atoms with Crippen LogP contribution in [0.4, 0.5) is 0 Å². The first-order valence-corrected chi connectivity index (χ1v) is 7.33. The summed E-state index contributed by atoms with van der Waals surface area (Å²) in [6, 6.07) is 6.75. The Hall–Kier alpha value is -2.01. The lowest BCUT2D eigenvalue weighted by molar-refractivity contribution is 0.171. The van der Waals surface area contributed by atoms with Gasteiger partial charge in [0, 0.05) is 31.0 Å². The molecular formula is C16H21N3O2. The van der Waals surface area contributed by atoms with Crippen molar-refractivity contribution in [3.63, 3.8) is 0 Å². The molecule has 0 fully saturated rings. The van der Waals surface area contributed by atoms with Gasteiger partial charge in [0.05, 0.1) is 6.33 Å². The summed E-state index contributed by atoms with van der Waals surface area (Å²) in [6.07, 6.45) is 5.62. The molecule has 112 valence electrons. The molecular weight excluding hydrogens is 266 g/mol. The fraction of sp³-hybridized carbons (Fsp3) is 0.438. The highest BCUT2D eigenvalue weighted by molar-refractivity contribution is 5.44. The van der Waals surface area contributed by atoms with Gasteiger partial charge in [-0.2, -0.15) is 0 Å². The average molecular weight is 287 g/mol. The zero-order valence-electron chi connectivity index (χ0n) is 12.5. The Labute approximate surface area is 124 Å². The van der Waals surface area contributed by atoms with Gasteiger partial charge in [-0.3, -0.25) is 0 Å². The van der Waals surface area contributed by atoms with Gasteiger partial charge in [-0.25, -0.2) is 4.98 Å². The van der Waals surface area contributed by atoms with Gasteiger partial charge in [-0.1, -0.05) is 6.07 Å². The quantitative estimate of drug-likeness (QED) is 0.917. The van der Waals surface area contributed by atoms with E-state index in [1.165, 1.54) is 5.56 Å². The molecule has 3 rings (SSSR count). The summed E-state index contributed by atoms with van der Waals surface area (Å²) in [5.41, 5.74) is 1.21. The fourth-order valence-electron chi connectivity index (χ4n) is 2.62. The molecule has 0 amide bonds. The first kappa shape index (κ1) is 13.9. The van der Waals surface area contributed by atoms with Crippen LogP contribution in [0.3, 0.4) is 0 Å². The molecule has 1 aliphatic rings. The summed E-state index contributed by atoms with van der Waals surface area (Å²) >= 11 is 0. The lowest BCUT2D eigenvalue weighted by Crippen LogP contribution is -2.32. The van der Waals surface area contributed by atoms with Crippen molar-refractivity contribution in [1.82, 2.24) is 14.9 Å². The highest BCUT2D eigenvalue weighted by Crippen LogP contribution is 2.32. The number of aromatic nitrogens is 2. The smallest absolute Gasteiger partial charge is 0.161 e. The van der Waals surface area contributed by atoms with Crippen LogP contribution in [-0.2, 0) is 6.54 Å². The van der Waals surface area contributed by atoms with Crippen molar-refractivity contribution in [2.24, 2.45) is 0 Å². The minimum absolute atomic E-state index is 0.249. The standard InChI is InChI=1S/C16H21N3O2/c1-12(10-19-6-5-17-11-19)18-13(2)14-3-4-15-16(9-14)21-8-7-20-15/h3-6,9,11-13,18H,7-8,10H2,1-2H3. The van der Waals surface area contributed by atoms with Crippen molar-refractivity contribution in [1.29, 1.82) is 0 Å². The molecule has 1 aromatic carbocycles. The van der Waals surface area contributed by atoms with Crippen molar-refractivity contribution < 1.29 is 9.47 Å². The first-order chi connectivity index (χ1) is 10.2. The monoisotopic (exact) mass is 287 g/mol. The SMILES string of the molecule is CC(Cn1ccnc1)NC(C)c1ccc2c(c1)OCCO2. The molecule has 1 aromatic heterocycles. The van der Waals surface area contributed by atoms with E-state index in [1.807, 2.05) is 18.6 Å². The van der Waals surface area contributed by atoms with Gasteiger partial charge in [0.1, 0.15) is 13.2 Å². The van der Waals surface area contributed by atoms with E-state index in [-0.39, 0.29) is 6.04 Å². The van der Waals surface area contributed by atoms with Crippen LogP contribution < -0.4 is 14.8 Å². The molecule has 2 unspecified atom stereocenters. The Morgan fingerprint density at radius 3 is 2.81 bits per heavy atom. The minimum atomic E-state index is 0.249. The van der Waals surface area contributed by atoms with Crippen LogP contribution in [0.5, 0.6) is 11.5 Å². The molecule has 1 N–H and O–H groups in total. The Morgan fingerprint density at radius 1 is 1.24 bits per heavy atom. The number of rotatable bonds is 5. The van der Waals surface area contributed by atoms with Gasteiger partial charge >= 0.3 is 0 Å². The second-order valence-electron chi connectivity index (χ2n) is 5.45. The van der Waals surface area contributed by atoms with Gasteiger partial charge in [-0.05, 0) is 31.5 Å². The Morgan fingerprint density at radius 2 is 2.05 bits per heavy atom. The van der Waals surface area contributed by atoms with E-state index >= 15 is 0 Å². The summed E-state index contributed by atoms with van der Waals surface area (Å²) < 4.78 is 13.3. The zero-order valence-corrected chi connectivity index (χ0v) is 12.5. The summed E-state index contributed by atoms with van der Waals surface area (Å²) in [4.78, 5) is 4.07. The number of imidazole rings is 1. The first-order valence-electron chi connectivity index (χ1n) is 7.33. The second kappa shape index (κ2) is 6.18. The number of hydrogen-bond acceptors (Lipinski definition) is 4. The molecule has 1 aliphatic heterocycles. The maximum absolute atomic E-state index is 5.64.